The Balaban J connectivity index is 2.02. The maximum absolute atomic E-state index is 5.43. The summed E-state index contributed by atoms with van der Waals surface area (Å²) in [6.07, 6.45) is 1.99. The molecule has 0 radical (unpaired) electrons. The van der Waals surface area contributed by atoms with Gasteiger partial charge >= 0.3 is 0 Å². The third kappa shape index (κ3) is 4.30. The van der Waals surface area contributed by atoms with Gasteiger partial charge in [-0.1, -0.05) is 62.4 Å². The smallest absolute Gasteiger partial charge is 0.171 e. The van der Waals surface area contributed by atoms with Crippen LogP contribution in [0.5, 0.6) is 0 Å². The minimum atomic E-state index is 0.675. The normalized spacial score (nSPS) is 10.2. The number of anilines is 1. The van der Waals surface area contributed by atoms with Crippen molar-refractivity contribution in [3.8, 4) is 0 Å². The monoisotopic (exact) mass is 298 g/mol. The lowest BCUT2D eigenvalue weighted by Crippen LogP contribution is -2.28. The minimum absolute atomic E-state index is 0.675. The lowest BCUT2D eigenvalue weighted by atomic mass is 10.0. The van der Waals surface area contributed by atoms with Crippen LogP contribution in [-0.2, 0) is 19.4 Å². The molecule has 0 spiro atoms. The fraction of sp³-hybridized carbons (Fsp3) is 0.278. The van der Waals surface area contributed by atoms with Crippen LogP contribution >= 0.6 is 12.2 Å². The van der Waals surface area contributed by atoms with Gasteiger partial charge in [0.25, 0.3) is 0 Å². The number of para-hydroxylation sites is 1. The maximum Gasteiger partial charge on any atom is 0.171 e. The standard InChI is InChI=1S/C18H22N2S/c1-3-15-11-8-12-16(4-2)17(15)20-18(21)19-13-14-9-6-5-7-10-14/h5-12H,3-4,13H2,1-2H3,(H2,19,20,21). The van der Waals surface area contributed by atoms with Crippen molar-refractivity contribution >= 4 is 23.0 Å². The Labute approximate surface area is 132 Å². The largest absolute Gasteiger partial charge is 0.358 e. The molecule has 2 nitrogen and oxygen atoms in total. The number of hydrogen-bond donors (Lipinski definition) is 2. The van der Waals surface area contributed by atoms with Crippen molar-refractivity contribution in [3.63, 3.8) is 0 Å². The predicted molar refractivity (Wildman–Crippen MR) is 94.7 cm³/mol. The first kappa shape index (κ1) is 15.5. The molecular formula is C18H22N2S. The Morgan fingerprint density at radius 3 is 2.10 bits per heavy atom. The Bertz CT molecular complexity index is 571. The van der Waals surface area contributed by atoms with Crippen molar-refractivity contribution in [1.29, 1.82) is 0 Å². The molecule has 0 aliphatic heterocycles. The highest BCUT2D eigenvalue weighted by Crippen LogP contribution is 2.22. The van der Waals surface area contributed by atoms with E-state index in [0.717, 1.165) is 25.1 Å². The molecule has 0 fully saturated rings. The van der Waals surface area contributed by atoms with Crippen molar-refractivity contribution in [3.05, 3.63) is 65.2 Å². The highest BCUT2D eigenvalue weighted by atomic mass is 32.1. The molecule has 110 valence electrons. The zero-order chi connectivity index (χ0) is 15.1. The molecule has 0 atom stereocenters. The molecule has 0 saturated heterocycles. The summed E-state index contributed by atoms with van der Waals surface area (Å²) in [6.45, 7) is 5.07. The summed E-state index contributed by atoms with van der Waals surface area (Å²) >= 11 is 5.43. The van der Waals surface area contributed by atoms with E-state index in [9.17, 15) is 0 Å². The zero-order valence-electron chi connectivity index (χ0n) is 12.6. The third-order valence-corrected chi connectivity index (χ3v) is 3.78. The molecular weight excluding hydrogens is 276 g/mol. The molecule has 2 N–H and O–H groups in total. The Kier molecular flexibility index (Phi) is 5.76. The van der Waals surface area contributed by atoms with Gasteiger partial charge in [-0.05, 0) is 41.7 Å². The van der Waals surface area contributed by atoms with Crippen LogP contribution < -0.4 is 10.6 Å². The van der Waals surface area contributed by atoms with Crippen molar-refractivity contribution in [1.82, 2.24) is 5.32 Å². The second-order valence-corrected chi connectivity index (χ2v) is 5.36. The van der Waals surface area contributed by atoms with E-state index in [1.54, 1.807) is 0 Å². The summed E-state index contributed by atoms with van der Waals surface area (Å²) in [7, 11) is 0. The van der Waals surface area contributed by atoms with Crippen LogP contribution in [0.25, 0.3) is 0 Å². The van der Waals surface area contributed by atoms with Gasteiger partial charge in [-0.25, -0.2) is 0 Å². The third-order valence-electron chi connectivity index (χ3n) is 3.53. The maximum atomic E-state index is 5.43. The number of benzene rings is 2. The second-order valence-electron chi connectivity index (χ2n) is 4.95. The minimum Gasteiger partial charge on any atom is -0.358 e. The van der Waals surface area contributed by atoms with E-state index in [0.29, 0.717) is 5.11 Å². The number of nitrogens with one attached hydrogen (secondary N) is 2. The van der Waals surface area contributed by atoms with Gasteiger partial charge < -0.3 is 10.6 Å². The van der Waals surface area contributed by atoms with Crippen LogP contribution in [0.1, 0.15) is 30.5 Å². The van der Waals surface area contributed by atoms with Gasteiger partial charge in [0.1, 0.15) is 0 Å². The van der Waals surface area contributed by atoms with E-state index in [4.69, 9.17) is 12.2 Å². The van der Waals surface area contributed by atoms with Crippen molar-refractivity contribution < 1.29 is 0 Å². The SMILES string of the molecule is CCc1cccc(CC)c1NC(=S)NCc1ccccc1. The highest BCUT2D eigenvalue weighted by Gasteiger charge is 2.07. The molecule has 0 aliphatic carbocycles. The highest BCUT2D eigenvalue weighted by molar-refractivity contribution is 7.80. The molecule has 2 aromatic carbocycles. The summed E-state index contributed by atoms with van der Waals surface area (Å²) in [4.78, 5) is 0. The summed E-state index contributed by atoms with van der Waals surface area (Å²) in [5, 5.41) is 7.32. The zero-order valence-corrected chi connectivity index (χ0v) is 13.5. The van der Waals surface area contributed by atoms with Crippen molar-refractivity contribution in [2.45, 2.75) is 33.2 Å². The second kappa shape index (κ2) is 7.79. The summed E-state index contributed by atoms with van der Waals surface area (Å²) in [6, 6.07) is 16.7. The predicted octanol–water partition coefficient (Wildman–Crippen LogP) is 4.30. The number of aryl methyl sites for hydroxylation is 2. The molecule has 21 heavy (non-hydrogen) atoms. The average Bonchev–Trinajstić information content (AvgIpc) is 2.54. The molecule has 2 aromatic rings. The molecule has 0 saturated carbocycles. The van der Waals surface area contributed by atoms with E-state index in [1.807, 2.05) is 18.2 Å². The van der Waals surface area contributed by atoms with Gasteiger partial charge in [0.2, 0.25) is 0 Å². The Hall–Kier alpha value is -1.87. The van der Waals surface area contributed by atoms with E-state index in [-0.39, 0.29) is 0 Å². The lowest BCUT2D eigenvalue weighted by molar-refractivity contribution is 0.924. The van der Waals surface area contributed by atoms with Gasteiger partial charge in [0.05, 0.1) is 0 Å². The summed E-state index contributed by atoms with van der Waals surface area (Å²) in [5.74, 6) is 0. The molecule has 2 rings (SSSR count). The average molecular weight is 298 g/mol. The van der Waals surface area contributed by atoms with E-state index >= 15 is 0 Å². The first-order valence-electron chi connectivity index (χ1n) is 7.44. The van der Waals surface area contributed by atoms with Crippen molar-refractivity contribution in [2.24, 2.45) is 0 Å². The van der Waals surface area contributed by atoms with E-state index < -0.39 is 0 Å². The van der Waals surface area contributed by atoms with Gasteiger partial charge in [-0.2, -0.15) is 0 Å². The van der Waals surface area contributed by atoms with Crippen LogP contribution in [0.15, 0.2) is 48.5 Å². The molecule has 0 aromatic heterocycles. The van der Waals surface area contributed by atoms with Gasteiger partial charge in [-0.15, -0.1) is 0 Å². The van der Waals surface area contributed by atoms with Crippen LogP contribution in [0, 0.1) is 0 Å². The first-order valence-corrected chi connectivity index (χ1v) is 7.85. The number of rotatable bonds is 5. The van der Waals surface area contributed by atoms with Gasteiger partial charge in [0, 0.05) is 12.2 Å². The number of thiocarbonyl (C=S) groups is 1. The van der Waals surface area contributed by atoms with Crippen LogP contribution in [-0.4, -0.2) is 5.11 Å². The molecule has 0 unspecified atom stereocenters. The Morgan fingerprint density at radius 2 is 1.52 bits per heavy atom. The number of hydrogen-bond acceptors (Lipinski definition) is 1. The lowest BCUT2D eigenvalue weighted by Gasteiger charge is -2.17. The van der Waals surface area contributed by atoms with E-state index in [2.05, 4.69) is 54.8 Å². The molecule has 0 aliphatic rings. The van der Waals surface area contributed by atoms with Crippen molar-refractivity contribution in [2.75, 3.05) is 5.32 Å². The molecule has 0 amide bonds. The molecule has 3 heteroatoms. The van der Waals surface area contributed by atoms with E-state index in [1.165, 1.54) is 16.7 Å². The first-order chi connectivity index (χ1) is 10.2. The van der Waals surface area contributed by atoms with Gasteiger partial charge in [0.15, 0.2) is 5.11 Å². The fourth-order valence-corrected chi connectivity index (χ4v) is 2.51. The fourth-order valence-electron chi connectivity index (χ4n) is 2.34. The molecule has 0 heterocycles. The van der Waals surface area contributed by atoms with Crippen LogP contribution in [0.3, 0.4) is 0 Å². The summed E-state index contributed by atoms with van der Waals surface area (Å²) in [5.41, 5.74) is 4.99. The quantitative estimate of drug-likeness (QED) is 0.805. The molecule has 0 bridgehead atoms. The Morgan fingerprint density at radius 1 is 0.905 bits per heavy atom. The van der Waals surface area contributed by atoms with Crippen LogP contribution in [0.2, 0.25) is 0 Å². The van der Waals surface area contributed by atoms with Gasteiger partial charge in [-0.3, -0.25) is 0 Å². The topological polar surface area (TPSA) is 24.1 Å². The summed E-state index contributed by atoms with van der Waals surface area (Å²) < 4.78 is 0. The van der Waals surface area contributed by atoms with Crippen LogP contribution in [0.4, 0.5) is 5.69 Å².